The van der Waals surface area contributed by atoms with Gasteiger partial charge in [0.2, 0.25) is 0 Å². The molecule has 1 N–H and O–H groups in total. The molecule has 4 rings (SSSR count). The molecule has 0 atom stereocenters. The van der Waals surface area contributed by atoms with Crippen LogP contribution in [-0.4, -0.2) is 20.7 Å². The second kappa shape index (κ2) is 8.06. The Hall–Kier alpha value is -3.44. The Kier molecular flexibility index (Phi) is 5.17. The molecule has 6 heteroatoms. The third-order valence-corrected chi connectivity index (χ3v) is 4.48. The number of carbonyl (C=O) groups is 1. The zero-order chi connectivity index (χ0) is 19.3. The minimum atomic E-state index is -0.239. The van der Waals surface area contributed by atoms with Gasteiger partial charge < -0.3 is 5.32 Å². The fraction of sp³-hybridized carbons (Fsp3) is 0.0455. The Labute approximate surface area is 167 Å². The molecule has 0 saturated carbocycles. The highest BCUT2D eigenvalue weighted by atomic mass is 35.5. The molecule has 2 aromatic heterocycles. The quantitative estimate of drug-likeness (QED) is 0.529. The Morgan fingerprint density at radius 3 is 2.50 bits per heavy atom. The predicted octanol–water partition coefficient (Wildman–Crippen LogP) is 4.90. The summed E-state index contributed by atoms with van der Waals surface area (Å²) in [5, 5.41) is 8.17. The molecule has 0 saturated heterocycles. The summed E-state index contributed by atoms with van der Waals surface area (Å²) in [5.74, 6) is -0.239. The van der Waals surface area contributed by atoms with Crippen molar-refractivity contribution in [3.63, 3.8) is 0 Å². The zero-order valence-corrected chi connectivity index (χ0v) is 15.7. The van der Waals surface area contributed by atoms with E-state index in [4.69, 9.17) is 11.6 Å². The fourth-order valence-electron chi connectivity index (χ4n) is 2.90. The van der Waals surface area contributed by atoms with E-state index < -0.39 is 0 Å². The minimum Gasteiger partial charge on any atom is -0.320 e. The van der Waals surface area contributed by atoms with Crippen molar-refractivity contribution in [1.82, 2.24) is 14.8 Å². The van der Waals surface area contributed by atoms with Crippen LogP contribution in [0.5, 0.6) is 0 Å². The third kappa shape index (κ3) is 4.10. The highest BCUT2D eigenvalue weighted by Crippen LogP contribution is 2.25. The molecule has 0 bridgehead atoms. The molecule has 0 unspecified atom stereocenters. The predicted molar refractivity (Wildman–Crippen MR) is 110 cm³/mol. The van der Waals surface area contributed by atoms with Gasteiger partial charge in [0, 0.05) is 23.0 Å². The number of aromatic nitrogens is 3. The molecule has 0 spiro atoms. The molecule has 2 heterocycles. The normalized spacial score (nSPS) is 10.6. The summed E-state index contributed by atoms with van der Waals surface area (Å²) in [5.41, 5.74) is 3.65. The van der Waals surface area contributed by atoms with E-state index in [0.717, 1.165) is 11.1 Å². The average Bonchev–Trinajstić information content (AvgIpc) is 3.14. The first kappa shape index (κ1) is 17.9. The summed E-state index contributed by atoms with van der Waals surface area (Å²) in [6.45, 7) is 0.571. The topological polar surface area (TPSA) is 59.8 Å². The van der Waals surface area contributed by atoms with Crippen molar-refractivity contribution in [2.45, 2.75) is 6.54 Å². The molecule has 2 aromatic carbocycles. The van der Waals surface area contributed by atoms with Crippen LogP contribution < -0.4 is 5.32 Å². The van der Waals surface area contributed by atoms with Crippen molar-refractivity contribution in [3.05, 3.63) is 101 Å². The van der Waals surface area contributed by atoms with Gasteiger partial charge in [-0.15, -0.1) is 0 Å². The van der Waals surface area contributed by atoms with Crippen molar-refractivity contribution in [2.75, 3.05) is 5.32 Å². The number of benzene rings is 2. The number of rotatable bonds is 5. The van der Waals surface area contributed by atoms with Crippen molar-refractivity contribution in [2.24, 2.45) is 0 Å². The van der Waals surface area contributed by atoms with Gasteiger partial charge in [-0.1, -0.05) is 54.1 Å². The maximum atomic E-state index is 12.9. The maximum absolute atomic E-state index is 12.9. The molecule has 0 aliphatic carbocycles. The largest absolute Gasteiger partial charge is 0.320 e. The van der Waals surface area contributed by atoms with Crippen molar-refractivity contribution in [3.8, 4) is 11.3 Å². The zero-order valence-electron chi connectivity index (χ0n) is 14.9. The second-order valence-corrected chi connectivity index (χ2v) is 6.71. The summed E-state index contributed by atoms with van der Waals surface area (Å²) < 4.78 is 1.78. The average molecular weight is 389 g/mol. The number of hydrogen-bond donors (Lipinski definition) is 1. The van der Waals surface area contributed by atoms with Gasteiger partial charge in [0.1, 0.15) is 5.69 Å². The highest BCUT2D eigenvalue weighted by Gasteiger charge is 2.18. The molecule has 0 aliphatic heterocycles. The van der Waals surface area contributed by atoms with E-state index >= 15 is 0 Å². The number of carbonyl (C=O) groups excluding carboxylic acids is 1. The molecule has 1 amide bonds. The summed E-state index contributed by atoms with van der Waals surface area (Å²) in [4.78, 5) is 17.0. The van der Waals surface area contributed by atoms with Gasteiger partial charge in [-0.05, 0) is 29.8 Å². The van der Waals surface area contributed by atoms with Gasteiger partial charge in [0.25, 0.3) is 5.91 Å². The summed E-state index contributed by atoms with van der Waals surface area (Å²) in [7, 11) is 0. The van der Waals surface area contributed by atoms with Crippen LogP contribution in [0.25, 0.3) is 11.3 Å². The Bertz CT molecular complexity index is 1080. The number of nitrogens with one attached hydrogen (secondary N) is 1. The number of halogens is 1. The first-order chi connectivity index (χ1) is 13.7. The van der Waals surface area contributed by atoms with Crippen molar-refractivity contribution < 1.29 is 4.79 Å². The van der Waals surface area contributed by atoms with E-state index in [1.165, 1.54) is 0 Å². The van der Waals surface area contributed by atoms with E-state index in [1.54, 1.807) is 47.5 Å². The van der Waals surface area contributed by atoms with Gasteiger partial charge in [-0.3, -0.25) is 14.5 Å². The number of anilines is 1. The van der Waals surface area contributed by atoms with Gasteiger partial charge in [0.05, 0.1) is 24.0 Å². The smallest absolute Gasteiger partial charge is 0.259 e. The molecule has 4 aromatic rings. The molecule has 0 fully saturated rings. The third-order valence-electron chi connectivity index (χ3n) is 4.23. The molecule has 5 nitrogen and oxygen atoms in total. The van der Waals surface area contributed by atoms with E-state index in [0.29, 0.717) is 28.5 Å². The summed E-state index contributed by atoms with van der Waals surface area (Å²) in [6.07, 6.45) is 5.03. The number of hydrogen-bond acceptors (Lipinski definition) is 3. The highest BCUT2D eigenvalue weighted by molar-refractivity contribution is 6.30. The van der Waals surface area contributed by atoms with Gasteiger partial charge in [-0.2, -0.15) is 5.10 Å². The molecule has 28 heavy (non-hydrogen) atoms. The minimum absolute atomic E-state index is 0.239. The Morgan fingerprint density at radius 2 is 1.79 bits per heavy atom. The van der Waals surface area contributed by atoms with E-state index in [2.05, 4.69) is 15.4 Å². The second-order valence-electron chi connectivity index (χ2n) is 6.28. The van der Waals surface area contributed by atoms with Gasteiger partial charge in [-0.25, -0.2) is 0 Å². The van der Waals surface area contributed by atoms with Crippen LogP contribution in [0.1, 0.15) is 15.9 Å². The van der Waals surface area contributed by atoms with E-state index in [9.17, 15) is 4.79 Å². The fourth-order valence-corrected chi connectivity index (χ4v) is 3.02. The van der Waals surface area contributed by atoms with Crippen LogP contribution in [0.3, 0.4) is 0 Å². The maximum Gasteiger partial charge on any atom is 0.259 e. The lowest BCUT2D eigenvalue weighted by Gasteiger charge is -2.05. The number of nitrogens with zero attached hydrogens (tertiary/aromatic N) is 3. The van der Waals surface area contributed by atoms with Crippen LogP contribution in [-0.2, 0) is 6.54 Å². The van der Waals surface area contributed by atoms with Crippen LogP contribution in [0.4, 0.5) is 5.69 Å². The summed E-state index contributed by atoms with van der Waals surface area (Å²) in [6, 6.07) is 20.8. The standard InChI is InChI=1S/C22H17ClN4O/c23-18-10-8-17(9-11-18)21-20(22(28)25-19-7-4-12-24-13-19)15-27(26-21)14-16-5-2-1-3-6-16/h1-13,15H,14H2,(H,25,28). The molecule has 0 aliphatic rings. The molecule has 0 radical (unpaired) electrons. The van der Waals surface area contributed by atoms with Crippen molar-refractivity contribution >= 4 is 23.2 Å². The summed E-state index contributed by atoms with van der Waals surface area (Å²) >= 11 is 6.01. The van der Waals surface area contributed by atoms with Crippen LogP contribution in [0.15, 0.2) is 85.3 Å². The SMILES string of the molecule is O=C(Nc1cccnc1)c1cn(Cc2ccccc2)nc1-c1ccc(Cl)cc1. The molecule has 138 valence electrons. The lowest BCUT2D eigenvalue weighted by atomic mass is 10.1. The lowest BCUT2D eigenvalue weighted by molar-refractivity contribution is 0.102. The van der Waals surface area contributed by atoms with Crippen molar-refractivity contribution in [1.29, 1.82) is 0 Å². The lowest BCUT2D eigenvalue weighted by Crippen LogP contribution is -2.12. The monoisotopic (exact) mass is 388 g/mol. The van der Waals surface area contributed by atoms with Crippen LogP contribution >= 0.6 is 11.6 Å². The van der Waals surface area contributed by atoms with Gasteiger partial charge in [0.15, 0.2) is 0 Å². The Morgan fingerprint density at radius 1 is 1.00 bits per heavy atom. The Balaban J connectivity index is 1.70. The van der Waals surface area contributed by atoms with E-state index in [1.807, 2.05) is 42.5 Å². The van der Waals surface area contributed by atoms with Crippen LogP contribution in [0, 0.1) is 0 Å². The number of amides is 1. The van der Waals surface area contributed by atoms with Crippen LogP contribution in [0.2, 0.25) is 5.02 Å². The first-order valence-corrected chi connectivity index (χ1v) is 9.15. The number of pyridine rings is 1. The first-order valence-electron chi connectivity index (χ1n) is 8.78. The molecular weight excluding hydrogens is 372 g/mol. The molecular formula is C22H17ClN4O. The van der Waals surface area contributed by atoms with Gasteiger partial charge >= 0.3 is 0 Å². The van der Waals surface area contributed by atoms with E-state index in [-0.39, 0.29) is 5.91 Å².